The third kappa shape index (κ3) is 4.96. The van der Waals surface area contributed by atoms with Crippen molar-refractivity contribution in [2.75, 3.05) is 12.3 Å². The number of pyridine rings is 1. The van der Waals surface area contributed by atoms with Crippen molar-refractivity contribution in [1.29, 1.82) is 0 Å². The van der Waals surface area contributed by atoms with E-state index < -0.39 is 12.3 Å². The van der Waals surface area contributed by atoms with E-state index in [1.165, 1.54) is 0 Å². The molecule has 0 aliphatic carbocycles. The minimum atomic E-state index is -0.594. The van der Waals surface area contributed by atoms with Crippen LogP contribution in [0.1, 0.15) is 24.3 Å². The van der Waals surface area contributed by atoms with Crippen molar-refractivity contribution in [2.45, 2.75) is 25.7 Å². The molecule has 0 saturated carbocycles. The Labute approximate surface area is 216 Å². The number of hydrogen-bond acceptors (Lipinski definition) is 5. The molecule has 2 N–H and O–H groups in total. The Kier molecular flexibility index (Phi) is 6.60. The van der Waals surface area contributed by atoms with Crippen LogP contribution in [-0.2, 0) is 16.0 Å². The van der Waals surface area contributed by atoms with Crippen LogP contribution in [0.4, 0.5) is 5.69 Å². The van der Waals surface area contributed by atoms with Crippen LogP contribution in [0.15, 0.2) is 77.5 Å². The van der Waals surface area contributed by atoms with E-state index in [0.29, 0.717) is 35.1 Å². The number of rotatable bonds is 6. The standard InChI is InChI=1S/C26H23BrClN5O2/c1-16-25(34)32(13-12-17-2-7-20(29)8-3-17)26(35-16)22-15-33(21-9-4-18(27)5-10-21)31-24(22)23-11-6-19(28)14-30-23/h2-11,14-16,26H,12-13,29H2,1H3/t16-,26-/m1/s1. The first-order valence-corrected chi connectivity index (χ1v) is 12.3. The van der Waals surface area contributed by atoms with Crippen molar-refractivity contribution in [2.24, 2.45) is 0 Å². The first-order chi connectivity index (χ1) is 16.9. The van der Waals surface area contributed by atoms with Gasteiger partial charge in [0.2, 0.25) is 0 Å². The molecule has 3 heterocycles. The van der Waals surface area contributed by atoms with Gasteiger partial charge in [-0.2, -0.15) is 5.10 Å². The van der Waals surface area contributed by atoms with E-state index in [-0.39, 0.29) is 5.91 Å². The number of carbonyl (C=O) groups is 1. The number of amides is 1. The molecule has 1 aliphatic heterocycles. The fourth-order valence-electron chi connectivity index (χ4n) is 4.09. The van der Waals surface area contributed by atoms with Gasteiger partial charge in [0.05, 0.1) is 16.4 Å². The largest absolute Gasteiger partial charge is 0.399 e. The van der Waals surface area contributed by atoms with Gasteiger partial charge in [0.25, 0.3) is 5.91 Å². The zero-order valence-electron chi connectivity index (χ0n) is 18.9. The summed E-state index contributed by atoms with van der Waals surface area (Å²) in [5.74, 6) is -0.0585. The summed E-state index contributed by atoms with van der Waals surface area (Å²) in [5.41, 5.74) is 10.5. The lowest BCUT2D eigenvalue weighted by molar-refractivity contribution is -0.130. The molecule has 1 fully saturated rings. The molecule has 9 heteroatoms. The van der Waals surface area contributed by atoms with Crippen LogP contribution in [0.25, 0.3) is 17.1 Å². The number of halogens is 2. The summed E-state index contributed by atoms with van der Waals surface area (Å²) in [5, 5.41) is 5.37. The number of benzene rings is 2. The Morgan fingerprint density at radius 2 is 1.83 bits per heavy atom. The zero-order chi connectivity index (χ0) is 24.5. The Morgan fingerprint density at radius 3 is 2.51 bits per heavy atom. The lowest BCUT2D eigenvalue weighted by Gasteiger charge is -2.23. The zero-order valence-corrected chi connectivity index (χ0v) is 21.3. The van der Waals surface area contributed by atoms with E-state index in [1.54, 1.807) is 28.8 Å². The highest BCUT2D eigenvalue weighted by Gasteiger charge is 2.40. The number of ether oxygens (including phenoxy) is 1. The third-order valence-electron chi connectivity index (χ3n) is 5.94. The number of nitrogens with zero attached hydrogens (tertiary/aromatic N) is 4. The molecule has 1 saturated heterocycles. The van der Waals surface area contributed by atoms with Crippen LogP contribution >= 0.6 is 27.5 Å². The molecule has 35 heavy (non-hydrogen) atoms. The molecule has 0 spiro atoms. The lowest BCUT2D eigenvalue weighted by atomic mass is 10.1. The molecular formula is C26H23BrClN5O2. The van der Waals surface area contributed by atoms with Gasteiger partial charge in [-0.25, -0.2) is 4.68 Å². The van der Waals surface area contributed by atoms with Crippen molar-refractivity contribution >= 4 is 39.1 Å². The summed E-state index contributed by atoms with van der Waals surface area (Å²) < 4.78 is 8.93. The molecular weight excluding hydrogens is 530 g/mol. The average Bonchev–Trinajstić information content (AvgIpc) is 3.41. The predicted octanol–water partition coefficient (Wildman–Crippen LogP) is 5.42. The average molecular weight is 553 g/mol. The predicted molar refractivity (Wildman–Crippen MR) is 139 cm³/mol. The van der Waals surface area contributed by atoms with Crippen LogP contribution in [0.3, 0.4) is 0 Å². The van der Waals surface area contributed by atoms with Crippen LogP contribution < -0.4 is 5.73 Å². The first kappa shape index (κ1) is 23.5. The molecule has 2 aromatic carbocycles. The normalized spacial score (nSPS) is 17.8. The van der Waals surface area contributed by atoms with Gasteiger partial charge in [-0.3, -0.25) is 9.78 Å². The summed E-state index contributed by atoms with van der Waals surface area (Å²) in [7, 11) is 0. The number of hydrogen-bond donors (Lipinski definition) is 1. The van der Waals surface area contributed by atoms with Crippen molar-refractivity contribution in [3.63, 3.8) is 0 Å². The summed E-state index contributed by atoms with van der Waals surface area (Å²) in [6, 6.07) is 19.1. The van der Waals surface area contributed by atoms with E-state index >= 15 is 0 Å². The second kappa shape index (κ2) is 9.81. The molecule has 0 bridgehead atoms. The van der Waals surface area contributed by atoms with Gasteiger partial charge in [-0.15, -0.1) is 0 Å². The van der Waals surface area contributed by atoms with E-state index in [4.69, 9.17) is 27.2 Å². The van der Waals surface area contributed by atoms with Gasteiger partial charge in [0.1, 0.15) is 11.8 Å². The van der Waals surface area contributed by atoms with Gasteiger partial charge < -0.3 is 15.4 Å². The Hall–Kier alpha value is -3.20. The fraction of sp³-hybridized carbons (Fsp3) is 0.192. The topological polar surface area (TPSA) is 86.3 Å². The van der Waals surface area contributed by atoms with Gasteiger partial charge in [0, 0.05) is 34.7 Å². The van der Waals surface area contributed by atoms with E-state index in [2.05, 4.69) is 20.9 Å². The van der Waals surface area contributed by atoms with E-state index in [0.717, 1.165) is 21.3 Å². The van der Waals surface area contributed by atoms with Crippen LogP contribution in [0, 0.1) is 0 Å². The first-order valence-electron chi connectivity index (χ1n) is 11.2. The monoisotopic (exact) mass is 551 g/mol. The van der Waals surface area contributed by atoms with Crippen molar-refractivity contribution in [1.82, 2.24) is 19.7 Å². The third-order valence-corrected chi connectivity index (χ3v) is 6.69. The maximum atomic E-state index is 13.1. The van der Waals surface area contributed by atoms with Gasteiger partial charge in [-0.05, 0) is 67.4 Å². The molecule has 1 amide bonds. The SMILES string of the molecule is C[C@H]1O[C@H](c2cn(-c3ccc(Br)cc3)nc2-c2ccc(Cl)cn2)N(CCc2ccc(N)cc2)C1=O. The highest BCUT2D eigenvalue weighted by Crippen LogP contribution is 2.37. The highest BCUT2D eigenvalue weighted by molar-refractivity contribution is 9.10. The van der Waals surface area contributed by atoms with Gasteiger partial charge in [0.15, 0.2) is 6.23 Å². The molecule has 0 radical (unpaired) electrons. The number of nitrogens with two attached hydrogens (primary N) is 1. The van der Waals surface area contributed by atoms with Crippen LogP contribution in [-0.4, -0.2) is 38.2 Å². The number of carbonyl (C=O) groups excluding carboxylic acids is 1. The highest BCUT2D eigenvalue weighted by atomic mass is 79.9. The van der Waals surface area contributed by atoms with Gasteiger partial charge in [-0.1, -0.05) is 39.7 Å². The molecule has 0 unspecified atom stereocenters. The van der Waals surface area contributed by atoms with E-state index in [9.17, 15) is 4.79 Å². The molecule has 2 atom stereocenters. The second-order valence-electron chi connectivity index (χ2n) is 8.37. The minimum Gasteiger partial charge on any atom is -0.399 e. The molecule has 2 aromatic heterocycles. The summed E-state index contributed by atoms with van der Waals surface area (Å²) in [4.78, 5) is 19.3. The fourth-order valence-corrected chi connectivity index (χ4v) is 4.46. The second-order valence-corrected chi connectivity index (χ2v) is 9.72. The maximum Gasteiger partial charge on any atom is 0.253 e. The smallest absolute Gasteiger partial charge is 0.253 e. The van der Waals surface area contributed by atoms with Crippen molar-refractivity contribution in [3.8, 4) is 17.1 Å². The van der Waals surface area contributed by atoms with Crippen molar-refractivity contribution < 1.29 is 9.53 Å². The van der Waals surface area contributed by atoms with Gasteiger partial charge >= 0.3 is 0 Å². The molecule has 178 valence electrons. The molecule has 1 aliphatic rings. The summed E-state index contributed by atoms with van der Waals surface area (Å²) in [6.45, 7) is 2.27. The number of anilines is 1. The summed E-state index contributed by atoms with van der Waals surface area (Å²) in [6.07, 6.45) is 3.01. The Bertz CT molecular complexity index is 1340. The maximum absolute atomic E-state index is 13.1. The number of nitrogen functional groups attached to an aromatic ring is 1. The molecule has 7 nitrogen and oxygen atoms in total. The molecule has 4 aromatic rings. The van der Waals surface area contributed by atoms with Crippen LogP contribution in [0.5, 0.6) is 0 Å². The van der Waals surface area contributed by atoms with Crippen molar-refractivity contribution in [3.05, 3.63) is 93.7 Å². The number of aromatic nitrogens is 3. The quantitative estimate of drug-likeness (QED) is 0.323. The lowest BCUT2D eigenvalue weighted by Crippen LogP contribution is -2.32. The molecule has 5 rings (SSSR count). The Balaban J connectivity index is 1.53. The van der Waals surface area contributed by atoms with Crippen LogP contribution in [0.2, 0.25) is 5.02 Å². The Morgan fingerprint density at radius 1 is 1.09 bits per heavy atom. The summed E-state index contributed by atoms with van der Waals surface area (Å²) >= 11 is 9.55. The minimum absolute atomic E-state index is 0.0585. The van der Waals surface area contributed by atoms with E-state index in [1.807, 2.05) is 60.8 Å².